The lowest BCUT2D eigenvalue weighted by molar-refractivity contribution is 0.636. The molecule has 0 fully saturated rings. The highest BCUT2D eigenvalue weighted by atomic mass is 35.5. The fraction of sp³-hybridized carbons (Fsp3) is 0.556. The maximum atomic E-state index is 9.50. The molecule has 0 aromatic rings. The molecule has 0 unspecified atom stereocenters. The number of rotatable bonds is 0. The molecule has 0 heterocycles. The van der Waals surface area contributed by atoms with Crippen molar-refractivity contribution in [2.75, 3.05) is 7.18 Å². The van der Waals surface area contributed by atoms with Gasteiger partial charge in [0.2, 0.25) is 0 Å². The summed E-state index contributed by atoms with van der Waals surface area (Å²) in [7, 11) is 0.500. The minimum absolute atomic E-state index is 0.500. The third kappa shape index (κ3) is 6390. The van der Waals surface area contributed by atoms with Crippen LogP contribution in [0.1, 0.15) is 27.7 Å². The van der Waals surface area contributed by atoms with E-state index < -0.39 is 0 Å². The average Bonchev–Trinajstić information content (AvgIpc) is 1.96. The zero-order chi connectivity index (χ0) is 10.3. The molecule has 0 radical (unpaired) electrons. The molecule has 2 heteroatoms. The van der Waals surface area contributed by atoms with E-state index in [0.29, 0.717) is 12.2 Å². The summed E-state index contributed by atoms with van der Waals surface area (Å²) < 4.78 is 9.50. The molecular weight excluding hydrogens is 163 g/mol. The van der Waals surface area contributed by atoms with Gasteiger partial charge in [0.25, 0.3) is 0 Å². The average molecular weight is 183 g/mol. The Morgan fingerprint density at radius 1 is 1.36 bits per heavy atom. The summed E-state index contributed by atoms with van der Waals surface area (Å²) in [6.07, 6.45) is 1.75. The van der Waals surface area contributed by atoms with Gasteiger partial charge < -0.3 is 0 Å². The number of halogens is 2. The standard InChI is InChI=1S/C3H5Cl.C3H6.C2H6.CH3F/c1-3(2)4;1-3-2;2*1-2/h1H2,2H3;3H,1H2,2H3;1-2H3;1H3. The smallest absolute Gasteiger partial charge is 0.0785 e. The zero-order valence-electron chi connectivity index (χ0n) is 8.25. The Bertz CT molecular complexity index is 56.6. The first-order chi connectivity index (χ1) is 5.15. The van der Waals surface area contributed by atoms with E-state index in [-0.39, 0.29) is 0 Å². The summed E-state index contributed by atoms with van der Waals surface area (Å²) in [6.45, 7) is 14.3. The van der Waals surface area contributed by atoms with Crippen molar-refractivity contribution in [1.29, 1.82) is 0 Å². The van der Waals surface area contributed by atoms with Crippen LogP contribution in [0.5, 0.6) is 0 Å². The van der Waals surface area contributed by atoms with Crippen LogP contribution in [-0.2, 0) is 0 Å². The monoisotopic (exact) mass is 182 g/mol. The quantitative estimate of drug-likeness (QED) is 0.482. The topological polar surface area (TPSA) is 0 Å². The third-order valence-electron chi connectivity index (χ3n) is 0. The second kappa shape index (κ2) is 53.6. The van der Waals surface area contributed by atoms with Crippen LogP contribution in [0.3, 0.4) is 0 Å². The third-order valence-corrected chi connectivity index (χ3v) is 0. The molecule has 0 amide bonds. The first-order valence-electron chi connectivity index (χ1n) is 3.41. The first kappa shape index (κ1) is 22.4. The number of alkyl halides is 1. The highest BCUT2D eigenvalue weighted by Crippen LogP contribution is 1.87. The van der Waals surface area contributed by atoms with Crippen molar-refractivity contribution in [3.63, 3.8) is 0 Å². The van der Waals surface area contributed by atoms with Crippen molar-refractivity contribution >= 4 is 11.6 Å². The van der Waals surface area contributed by atoms with Gasteiger partial charge in [-0.2, -0.15) is 0 Å². The second-order valence-electron chi connectivity index (χ2n) is 1.08. The summed E-state index contributed by atoms with van der Waals surface area (Å²) >= 11 is 5.08. The number of hydrogen-bond donors (Lipinski definition) is 0. The Morgan fingerprint density at radius 2 is 1.36 bits per heavy atom. The van der Waals surface area contributed by atoms with Gasteiger partial charge in [0.1, 0.15) is 0 Å². The Kier molecular flexibility index (Phi) is 109. The lowest BCUT2D eigenvalue weighted by Crippen LogP contribution is -1.34. The summed E-state index contributed by atoms with van der Waals surface area (Å²) in [5.74, 6) is 0. The molecule has 0 saturated heterocycles. The second-order valence-corrected chi connectivity index (χ2v) is 1.73. The molecule has 11 heavy (non-hydrogen) atoms. The van der Waals surface area contributed by atoms with E-state index in [1.54, 1.807) is 13.0 Å². The van der Waals surface area contributed by atoms with E-state index in [2.05, 4.69) is 13.2 Å². The molecule has 0 bridgehead atoms. The first-order valence-corrected chi connectivity index (χ1v) is 3.78. The molecule has 0 aromatic carbocycles. The highest BCUT2D eigenvalue weighted by Gasteiger charge is 1.55. The van der Waals surface area contributed by atoms with Crippen LogP contribution in [0.15, 0.2) is 24.3 Å². The molecule has 0 N–H and O–H groups in total. The van der Waals surface area contributed by atoms with E-state index in [4.69, 9.17) is 11.6 Å². The minimum Gasteiger partial charge on any atom is -0.255 e. The van der Waals surface area contributed by atoms with Crippen molar-refractivity contribution in [2.24, 2.45) is 0 Å². The van der Waals surface area contributed by atoms with Crippen LogP contribution in [0.4, 0.5) is 4.39 Å². The van der Waals surface area contributed by atoms with Crippen molar-refractivity contribution in [1.82, 2.24) is 0 Å². The Balaban J connectivity index is -0.0000000315. The van der Waals surface area contributed by atoms with Gasteiger partial charge >= 0.3 is 0 Å². The Labute approximate surface area is 75.8 Å². The summed E-state index contributed by atoms with van der Waals surface area (Å²) in [5, 5.41) is 0.639. The van der Waals surface area contributed by atoms with Crippen LogP contribution in [-0.4, -0.2) is 7.18 Å². The molecule has 0 saturated carbocycles. The van der Waals surface area contributed by atoms with Crippen molar-refractivity contribution < 1.29 is 4.39 Å². The van der Waals surface area contributed by atoms with Crippen LogP contribution < -0.4 is 0 Å². The van der Waals surface area contributed by atoms with Gasteiger partial charge in [0, 0.05) is 5.03 Å². The van der Waals surface area contributed by atoms with E-state index in [1.807, 2.05) is 20.8 Å². The molecular formula is C9H20ClF. The van der Waals surface area contributed by atoms with Crippen molar-refractivity contribution in [2.45, 2.75) is 27.7 Å². The number of allylic oxidation sites excluding steroid dienone is 2. The van der Waals surface area contributed by atoms with E-state index in [1.165, 1.54) is 0 Å². The van der Waals surface area contributed by atoms with Gasteiger partial charge in [-0.3, -0.25) is 4.39 Å². The summed E-state index contributed by atoms with van der Waals surface area (Å²) in [4.78, 5) is 0. The number of hydrogen-bond acceptors (Lipinski definition) is 0. The van der Waals surface area contributed by atoms with Gasteiger partial charge in [0.05, 0.1) is 7.18 Å². The largest absolute Gasteiger partial charge is 0.255 e. The molecule has 0 aromatic heterocycles. The summed E-state index contributed by atoms with van der Waals surface area (Å²) in [6, 6.07) is 0. The maximum absolute atomic E-state index is 9.50. The molecule has 0 rings (SSSR count). The lowest BCUT2D eigenvalue weighted by Gasteiger charge is -1.61. The van der Waals surface area contributed by atoms with Crippen molar-refractivity contribution in [3.05, 3.63) is 24.3 Å². The van der Waals surface area contributed by atoms with Gasteiger partial charge in [-0.1, -0.05) is 38.1 Å². The Morgan fingerprint density at radius 3 is 1.36 bits per heavy atom. The molecule has 0 spiro atoms. The van der Waals surface area contributed by atoms with Gasteiger partial charge in [-0.15, -0.1) is 6.58 Å². The predicted molar refractivity (Wildman–Crippen MR) is 54.9 cm³/mol. The normalized spacial score (nSPS) is 4.64. The highest BCUT2D eigenvalue weighted by molar-refractivity contribution is 6.28. The van der Waals surface area contributed by atoms with Gasteiger partial charge in [-0.25, -0.2) is 0 Å². The maximum Gasteiger partial charge on any atom is 0.0785 e. The molecule has 0 atom stereocenters. The molecule has 0 nitrogen and oxygen atoms in total. The fourth-order valence-corrected chi connectivity index (χ4v) is 0. The molecule has 0 aliphatic rings. The van der Waals surface area contributed by atoms with E-state index in [9.17, 15) is 4.39 Å². The van der Waals surface area contributed by atoms with Crippen LogP contribution >= 0.6 is 11.6 Å². The van der Waals surface area contributed by atoms with E-state index in [0.717, 1.165) is 0 Å². The minimum atomic E-state index is 0.500. The SMILES string of the molecule is C=C(C)Cl.C=CC.CC.CF. The molecule has 70 valence electrons. The summed E-state index contributed by atoms with van der Waals surface area (Å²) in [5.41, 5.74) is 0. The van der Waals surface area contributed by atoms with Crippen LogP contribution in [0, 0.1) is 0 Å². The van der Waals surface area contributed by atoms with Crippen LogP contribution in [0.2, 0.25) is 0 Å². The predicted octanol–water partition coefficient (Wildman–Crippen LogP) is 4.56. The van der Waals surface area contributed by atoms with Gasteiger partial charge in [-0.05, 0) is 13.8 Å². The van der Waals surface area contributed by atoms with E-state index >= 15 is 0 Å². The zero-order valence-corrected chi connectivity index (χ0v) is 9.00. The molecule has 0 aliphatic heterocycles. The lowest BCUT2D eigenvalue weighted by atomic mass is 10.8. The fourth-order valence-electron chi connectivity index (χ4n) is 0. The van der Waals surface area contributed by atoms with Gasteiger partial charge in [0.15, 0.2) is 0 Å². The van der Waals surface area contributed by atoms with Crippen LogP contribution in [0.25, 0.3) is 0 Å². The van der Waals surface area contributed by atoms with Crippen molar-refractivity contribution in [3.8, 4) is 0 Å². The molecule has 0 aliphatic carbocycles. The Hall–Kier alpha value is -0.300.